The van der Waals surface area contributed by atoms with Gasteiger partial charge in [0, 0.05) is 18.4 Å². The number of rotatable bonds is 5. The van der Waals surface area contributed by atoms with Crippen molar-refractivity contribution in [1.29, 1.82) is 0 Å². The Kier molecular flexibility index (Phi) is 4.83. The minimum absolute atomic E-state index is 0.119. The molecule has 0 amide bonds. The van der Waals surface area contributed by atoms with Crippen molar-refractivity contribution in [3.05, 3.63) is 71.2 Å². The van der Waals surface area contributed by atoms with Crippen LogP contribution in [0.5, 0.6) is 0 Å². The number of halogens is 1. The summed E-state index contributed by atoms with van der Waals surface area (Å²) in [6.07, 6.45) is 0. The van der Waals surface area contributed by atoms with Gasteiger partial charge < -0.3 is 14.8 Å². The van der Waals surface area contributed by atoms with Crippen LogP contribution >= 0.6 is 0 Å². The fourth-order valence-corrected chi connectivity index (χ4v) is 3.51. The fourth-order valence-electron chi connectivity index (χ4n) is 3.51. The molecule has 0 spiro atoms. The van der Waals surface area contributed by atoms with Crippen LogP contribution in [0.25, 0.3) is 11.0 Å². The lowest BCUT2D eigenvalue weighted by Gasteiger charge is -2.30. The summed E-state index contributed by atoms with van der Waals surface area (Å²) in [6, 6.07) is 13.3. The maximum absolute atomic E-state index is 14.8. The number of methoxy groups -OCH3 is 1. The van der Waals surface area contributed by atoms with E-state index >= 15 is 0 Å². The van der Waals surface area contributed by atoms with Gasteiger partial charge in [-0.05, 0) is 25.1 Å². The molecule has 4 rings (SSSR count). The Balaban J connectivity index is 1.89. The highest BCUT2D eigenvalue weighted by Crippen LogP contribution is 2.40. The molecule has 2 heterocycles. The molecule has 0 bridgehead atoms. The smallest absolute Gasteiger partial charge is 0.338 e. The molecule has 1 aromatic heterocycles. The third kappa shape index (κ3) is 3.03. The largest absolute Gasteiger partial charge is 0.460 e. The average molecular weight is 381 g/mol. The van der Waals surface area contributed by atoms with Crippen LogP contribution in [0.4, 0.5) is 10.3 Å². The normalized spacial score (nSPS) is 16.0. The minimum Gasteiger partial charge on any atom is -0.460 e. The maximum Gasteiger partial charge on any atom is 0.338 e. The number of carbonyl (C=O) groups is 1. The molecule has 0 aliphatic carbocycles. The summed E-state index contributed by atoms with van der Waals surface area (Å²) in [7, 11) is 1.53. The molecule has 0 radical (unpaired) electrons. The van der Waals surface area contributed by atoms with Gasteiger partial charge in [0.25, 0.3) is 0 Å². The van der Waals surface area contributed by atoms with Crippen LogP contribution in [0.15, 0.2) is 59.8 Å². The van der Waals surface area contributed by atoms with Gasteiger partial charge in [-0.25, -0.2) is 14.2 Å². The first kappa shape index (κ1) is 18.2. The molecule has 0 saturated heterocycles. The van der Waals surface area contributed by atoms with E-state index in [4.69, 9.17) is 9.47 Å². The molecule has 0 fully saturated rings. The third-order valence-corrected chi connectivity index (χ3v) is 4.77. The molecule has 1 N–H and O–H groups in total. The third-order valence-electron chi connectivity index (χ3n) is 4.77. The molecular formula is C21H20FN3O3. The maximum atomic E-state index is 14.8. The van der Waals surface area contributed by atoms with Gasteiger partial charge in [-0.3, -0.25) is 4.57 Å². The summed E-state index contributed by atoms with van der Waals surface area (Å²) in [5, 5.41) is 3.17. The number of hydrogen-bond donors (Lipinski definition) is 1. The average Bonchev–Trinajstić information content (AvgIpc) is 3.05. The predicted octanol–water partition coefficient (Wildman–Crippen LogP) is 3.65. The van der Waals surface area contributed by atoms with Crippen LogP contribution < -0.4 is 5.32 Å². The Morgan fingerprint density at radius 1 is 1.18 bits per heavy atom. The molecule has 0 saturated carbocycles. The highest BCUT2D eigenvalue weighted by Gasteiger charge is 2.36. The van der Waals surface area contributed by atoms with Crippen LogP contribution in [-0.4, -0.2) is 35.8 Å². The minimum atomic E-state index is -0.695. The zero-order chi connectivity index (χ0) is 19.7. The van der Waals surface area contributed by atoms with Gasteiger partial charge in [0.1, 0.15) is 12.4 Å². The van der Waals surface area contributed by atoms with Gasteiger partial charge in [-0.2, -0.15) is 0 Å². The van der Waals surface area contributed by atoms with Crippen molar-refractivity contribution >= 4 is 23.0 Å². The van der Waals surface area contributed by atoms with E-state index in [1.165, 1.54) is 13.2 Å². The first-order valence-electron chi connectivity index (χ1n) is 8.97. The molecule has 1 unspecified atom stereocenters. The first-order chi connectivity index (χ1) is 13.6. The Hall–Kier alpha value is -3.19. The van der Waals surface area contributed by atoms with Crippen molar-refractivity contribution in [2.24, 2.45) is 0 Å². The van der Waals surface area contributed by atoms with Gasteiger partial charge in [0.05, 0.1) is 29.3 Å². The summed E-state index contributed by atoms with van der Waals surface area (Å²) in [4.78, 5) is 17.5. The summed E-state index contributed by atoms with van der Waals surface area (Å²) in [5.41, 5.74) is 2.86. The van der Waals surface area contributed by atoms with E-state index in [1.807, 2.05) is 28.8 Å². The van der Waals surface area contributed by atoms with Gasteiger partial charge >= 0.3 is 5.97 Å². The lowest BCUT2D eigenvalue weighted by Crippen LogP contribution is -2.30. The quantitative estimate of drug-likeness (QED) is 0.540. The number of carbonyl (C=O) groups excluding carboxylic acids is 1. The highest BCUT2D eigenvalue weighted by molar-refractivity contribution is 5.94. The van der Waals surface area contributed by atoms with E-state index in [2.05, 4.69) is 10.3 Å². The highest BCUT2D eigenvalue weighted by atomic mass is 19.1. The summed E-state index contributed by atoms with van der Waals surface area (Å²) >= 11 is 0. The van der Waals surface area contributed by atoms with Gasteiger partial charge in [-0.15, -0.1) is 0 Å². The Morgan fingerprint density at radius 2 is 1.93 bits per heavy atom. The number of para-hydroxylation sites is 2. The molecule has 1 aliphatic rings. The molecule has 144 valence electrons. The molecule has 1 aliphatic heterocycles. The lowest BCUT2D eigenvalue weighted by molar-refractivity contribution is -0.140. The standard InChI is InChI=1S/C21H20FN3O3/c1-13-18(20(26)28-12-11-27-2)19(14-7-3-4-8-15(14)22)25-17-10-6-5-9-16(17)24-21(25)23-13/h3-10,19H,11-12H2,1-2H3,(H,23,24). The van der Waals surface area contributed by atoms with Crippen LogP contribution in [0, 0.1) is 5.82 Å². The number of nitrogens with one attached hydrogen (secondary N) is 1. The monoisotopic (exact) mass is 381 g/mol. The van der Waals surface area contributed by atoms with Crippen molar-refractivity contribution in [2.45, 2.75) is 13.0 Å². The summed E-state index contributed by atoms with van der Waals surface area (Å²) in [5.74, 6) is -0.354. The van der Waals surface area contributed by atoms with E-state index in [-0.39, 0.29) is 13.2 Å². The second-order valence-corrected chi connectivity index (χ2v) is 6.51. The number of ether oxygens (including phenoxy) is 2. The van der Waals surface area contributed by atoms with Gasteiger partial charge in [0.2, 0.25) is 5.95 Å². The number of nitrogens with zero attached hydrogens (tertiary/aromatic N) is 2. The van der Waals surface area contributed by atoms with Gasteiger partial charge in [-0.1, -0.05) is 30.3 Å². The Labute approximate surface area is 161 Å². The van der Waals surface area contributed by atoms with E-state index < -0.39 is 17.8 Å². The topological polar surface area (TPSA) is 65.4 Å². The van der Waals surface area contributed by atoms with Crippen LogP contribution in [0.3, 0.4) is 0 Å². The SMILES string of the molecule is COCCOC(=O)C1=C(C)Nc2nc3ccccc3n2C1c1ccccc1F. The molecule has 3 aromatic rings. The zero-order valence-corrected chi connectivity index (χ0v) is 15.6. The first-order valence-corrected chi connectivity index (χ1v) is 8.97. The van der Waals surface area contributed by atoms with Crippen molar-refractivity contribution in [3.63, 3.8) is 0 Å². The Bertz CT molecular complexity index is 1070. The predicted molar refractivity (Wildman–Crippen MR) is 103 cm³/mol. The van der Waals surface area contributed by atoms with Crippen molar-refractivity contribution in [3.8, 4) is 0 Å². The number of esters is 1. The van der Waals surface area contributed by atoms with Crippen molar-refractivity contribution in [1.82, 2.24) is 9.55 Å². The fraction of sp³-hybridized carbons (Fsp3) is 0.238. The van der Waals surface area contributed by atoms with E-state index in [0.717, 1.165) is 11.0 Å². The molecule has 6 nitrogen and oxygen atoms in total. The number of fused-ring (bicyclic) bond motifs is 3. The number of hydrogen-bond acceptors (Lipinski definition) is 5. The molecule has 2 aromatic carbocycles. The number of imidazole rings is 1. The number of benzene rings is 2. The van der Waals surface area contributed by atoms with Gasteiger partial charge in [0.15, 0.2) is 0 Å². The molecule has 1 atom stereocenters. The van der Waals surface area contributed by atoms with Crippen LogP contribution in [0.2, 0.25) is 0 Å². The van der Waals surface area contributed by atoms with E-state index in [9.17, 15) is 9.18 Å². The van der Waals surface area contributed by atoms with E-state index in [1.54, 1.807) is 25.1 Å². The van der Waals surface area contributed by atoms with E-state index in [0.29, 0.717) is 22.8 Å². The molecule has 28 heavy (non-hydrogen) atoms. The second kappa shape index (κ2) is 7.44. The lowest BCUT2D eigenvalue weighted by atomic mass is 9.94. The molecule has 7 heteroatoms. The van der Waals surface area contributed by atoms with Crippen LogP contribution in [0.1, 0.15) is 18.5 Å². The van der Waals surface area contributed by atoms with Crippen molar-refractivity contribution < 1.29 is 18.7 Å². The van der Waals surface area contributed by atoms with Crippen LogP contribution in [-0.2, 0) is 14.3 Å². The second-order valence-electron chi connectivity index (χ2n) is 6.51. The summed E-state index contributed by atoms with van der Waals surface area (Å²) in [6.45, 7) is 2.17. The summed E-state index contributed by atoms with van der Waals surface area (Å²) < 4.78 is 27.0. The number of aromatic nitrogens is 2. The number of anilines is 1. The number of allylic oxidation sites excluding steroid dienone is 1. The molecular weight excluding hydrogens is 361 g/mol. The Morgan fingerprint density at radius 3 is 2.71 bits per heavy atom. The zero-order valence-electron chi connectivity index (χ0n) is 15.6. The van der Waals surface area contributed by atoms with Crippen molar-refractivity contribution in [2.75, 3.05) is 25.6 Å².